The topological polar surface area (TPSA) is 6.48 Å². The SMILES string of the molecule is Cc1cc(C)cc(N(c2ccc3c(c2)-c2ccccc2C32CCCCC2)c2cc(-c3ccccc3)c3cc(N(c4cc(C)cc(C)c4)c4ccc5c(c4)-c4ccccc4C54CCCCC4)cc(-c4ccccc4)c3c2)c1. The maximum atomic E-state index is 2.55. The van der Waals surface area contributed by atoms with Gasteiger partial charge in [0, 0.05) is 45.0 Å². The van der Waals surface area contributed by atoms with Crippen molar-refractivity contribution >= 4 is 44.9 Å². The molecule has 2 fully saturated rings. The van der Waals surface area contributed by atoms with Crippen LogP contribution < -0.4 is 9.80 Å². The average molecular weight is 983 g/mol. The Morgan fingerprint density at radius 2 is 0.592 bits per heavy atom. The van der Waals surface area contributed by atoms with Crippen molar-refractivity contribution in [2.45, 2.75) is 103 Å². The number of anilines is 6. The summed E-state index contributed by atoms with van der Waals surface area (Å²) in [5, 5.41) is 2.44. The predicted octanol–water partition coefficient (Wildman–Crippen LogP) is 20.8. The monoisotopic (exact) mass is 983 g/mol. The maximum absolute atomic E-state index is 2.55. The minimum absolute atomic E-state index is 0.0893. The lowest BCUT2D eigenvalue weighted by molar-refractivity contribution is 0.353. The highest BCUT2D eigenvalue weighted by Crippen LogP contribution is 2.59. The first-order chi connectivity index (χ1) is 37.2. The van der Waals surface area contributed by atoms with Crippen LogP contribution in [0.25, 0.3) is 55.3 Å². The Hall–Kier alpha value is -7.94. The van der Waals surface area contributed by atoms with E-state index in [2.05, 4.69) is 244 Å². The Morgan fingerprint density at radius 1 is 0.263 bits per heavy atom. The van der Waals surface area contributed by atoms with Gasteiger partial charge in [0.15, 0.2) is 0 Å². The van der Waals surface area contributed by atoms with Crippen LogP contribution >= 0.6 is 0 Å². The molecule has 0 aliphatic heterocycles. The van der Waals surface area contributed by atoms with E-state index in [0.29, 0.717) is 0 Å². The summed E-state index contributed by atoms with van der Waals surface area (Å²) < 4.78 is 0. The summed E-state index contributed by atoms with van der Waals surface area (Å²) in [6, 6.07) is 79.8. The highest BCUT2D eigenvalue weighted by molar-refractivity contribution is 6.10. The Bertz CT molecular complexity index is 3590. The molecule has 2 heteroatoms. The molecule has 0 bridgehead atoms. The second-order valence-electron chi connectivity index (χ2n) is 23.0. The molecule has 0 N–H and O–H groups in total. The molecule has 0 atom stereocenters. The molecule has 2 spiro atoms. The van der Waals surface area contributed by atoms with Gasteiger partial charge in [-0.2, -0.15) is 0 Å². The number of nitrogens with zero attached hydrogens (tertiary/aromatic N) is 2. The summed E-state index contributed by atoms with van der Waals surface area (Å²) >= 11 is 0. The molecule has 0 unspecified atom stereocenters. The first kappa shape index (κ1) is 46.6. The molecule has 0 heterocycles. The van der Waals surface area contributed by atoms with Crippen molar-refractivity contribution in [3.63, 3.8) is 0 Å². The van der Waals surface area contributed by atoms with Crippen molar-refractivity contribution < 1.29 is 0 Å². The zero-order valence-electron chi connectivity index (χ0n) is 44.6. The van der Waals surface area contributed by atoms with Crippen molar-refractivity contribution in [2.75, 3.05) is 9.80 Å². The lowest BCUT2D eigenvalue weighted by Gasteiger charge is -2.36. The van der Waals surface area contributed by atoms with E-state index in [-0.39, 0.29) is 10.8 Å². The first-order valence-electron chi connectivity index (χ1n) is 28.2. The number of rotatable bonds is 8. The molecule has 4 aliphatic carbocycles. The van der Waals surface area contributed by atoms with E-state index in [1.807, 2.05) is 0 Å². The number of hydrogen-bond acceptors (Lipinski definition) is 2. The molecule has 10 aromatic carbocycles. The van der Waals surface area contributed by atoms with E-state index >= 15 is 0 Å². The van der Waals surface area contributed by atoms with Crippen molar-refractivity contribution in [2.24, 2.45) is 0 Å². The summed E-state index contributed by atoms with van der Waals surface area (Å²) in [5.41, 5.74) is 28.6. The van der Waals surface area contributed by atoms with Gasteiger partial charge in [-0.05, 0) is 226 Å². The zero-order chi connectivity index (χ0) is 51.1. The van der Waals surface area contributed by atoms with E-state index in [9.17, 15) is 0 Å². The van der Waals surface area contributed by atoms with Gasteiger partial charge in [0.25, 0.3) is 0 Å². The van der Waals surface area contributed by atoms with Crippen LogP contribution in [0, 0.1) is 27.7 Å². The van der Waals surface area contributed by atoms with Gasteiger partial charge in [-0.15, -0.1) is 0 Å². The number of benzene rings is 10. The summed E-state index contributed by atoms with van der Waals surface area (Å²) in [6.07, 6.45) is 12.6. The predicted molar refractivity (Wildman–Crippen MR) is 322 cm³/mol. The van der Waals surface area contributed by atoms with Gasteiger partial charge in [0.05, 0.1) is 0 Å². The van der Waals surface area contributed by atoms with Gasteiger partial charge in [-0.1, -0.05) is 172 Å². The Balaban J connectivity index is 1.02. The van der Waals surface area contributed by atoms with E-state index in [1.54, 1.807) is 0 Å². The standard InChI is InChI=1S/C74H66N2/c1-49-37-50(2)40-57(39-49)75(55-29-31-71-67(43-55)61-25-13-15-27-69(61)73(71)33-17-7-18-34-73)59-45-63(53-21-9-5-10-22-53)66-48-60(46-64(65(66)47-59)54-23-11-6-12-24-54)76(58-41-51(3)38-52(4)42-58)56-30-32-72-68(44-56)62-26-14-16-28-70(62)74(72)35-19-8-20-36-74/h5-6,9-16,21-32,37-48H,7-8,17-20,33-36H2,1-4H3. The third-order valence-electron chi connectivity index (χ3n) is 18.1. The number of hydrogen-bond donors (Lipinski definition) is 0. The molecule has 0 aromatic heterocycles. The van der Waals surface area contributed by atoms with Gasteiger partial charge in [-0.3, -0.25) is 0 Å². The Labute approximate surface area is 450 Å². The van der Waals surface area contributed by atoms with Crippen LogP contribution in [-0.4, -0.2) is 0 Å². The van der Waals surface area contributed by atoms with Crippen molar-refractivity contribution in [1.82, 2.24) is 0 Å². The first-order valence-corrected chi connectivity index (χ1v) is 28.2. The van der Waals surface area contributed by atoms with Gasteiger partial charge < -0.3 is 9.80 Å². The summed E-state index contributed by atoms with van der Waals surface area (Å²) in [4.78, 5) is 5.10. The van der Waals surface area contributed by atoms with Crippen LogP contribution in [0.3, 0.4) is 0 Å². The molecule has 0 amide bonds. The third-order valence-corrected chi connectivity index (χ3v) is 18.1. The van der Waals surface area contributed by atoms with Crippen LogP contribution in [0.1, 0.15) is 109 Å². The third kappa shape index (κ3) is 7.58. The molecule has 0 saturated heterocycles. The number of aryl methyl sites for hydroxylation is 4. The summed E-state index contributed by atoms with van der Waals surface area (Å²) in [5.74, 6) is 0. The van der Waals surface area contributed by atoms with Gasteiger partial charge in [0.2, 0.25) is 0 Å². The smallest absolute Gasteiger partial charge is 0.0474 e. The van der Waals surface area contributed by atoms with Gasteiger partial charge in [0.1, 0.15) is 0 Å². The molecule has 2 nitrogen and oxygen atoms in total. The van der Waals surface area contributed by atoms with E-state index in [0.717, 1.165) is 11.4 Å². The molecule has 2 saturated carbocycles. The van der Waals surface area contributed by atoms with Gasteiger partial charge >= 0.3 is 0 Å². The molecule has 10 aromatic rings. The van der Waals surface area contributed by atoms with Crippen LogP contribution in [0.2, 0.25) is 0 Å². The fourth-order valence-electron chi connectivity index (χ4n) is 15.0. The lowest BCUT2D eigenvalue weighted by atomic mass is 9.68. The van der Waals surface area contributed by atoms with E-state index < -0.39 is 0 Å². The largest absolute Gasteiger partial charge is 0.310 e. The lowest BCUT2D eigenvalue weighted by Crippen LogP contribution is -2.28. The quantitative estimate of drug-likeness (QED) is 0.150. The van der Waals surface area contributed by atoms with Crippen LogP contribution in [0.15, 0.2) is 206 Å². The van der Waals surface area contributed by atoms with Crippen molar-refractivity contribution in [1.29, 1.82) is 0 Å². The highest BCUT2D eigenvalue weighted by atomic mass is 15.1. The molecule has 4 aliphatic rings. The fraction of sp³-hybridized carbons (Fsp3) is 0.216. The Morgan fingerprint density at radius 3 is 0.987 bits per heavy atom. The Kier molecular flexibility index (Phi) is 11.3. The molecule has 14 rings (SSSR count). The average Bonchev–Trinajstić information content (AvgIpc) is 3.99. The summed E-state index contributed by atoms with van der Waals surface area (Å²) in [7, 11) is 0. The van der Waals surface area contributed by atoms with Gasteiger partial charge in [-0.25, -0.2) is 0 Å². The number of fused-ring (bicyclic) bond motifs is 11. The van der Waals surface area contributed by atoms with Crippen LogP contribution in [0.4, 0.5) is 34.1 Å². The van der Waals surface area contributed by atoms with E-state index in [1.165, 1.54) is 187 Å². The highest BCUT2D eigenvalue weighted by Gasteiger charge is 2.45. The normalized spacial score (nSPS) is 15.6. The second kappa shape index (κ2) is 18.4. The van der Waals surface area contributed by atoms with E-state index in [4.69, 9.17) is 0 Å². The molecule has 76 heavy (non-hydrogen) atoms. The molecular formula is C74H66N2. The maximum Gasteiger partial charge on any atom is 0.0474 e. The molecular weight excluding hydrogens is 917 g/mol. The van der Waals surface area contributed by atoms with Crippen molar-refractivity contribution in [3.8, 4) is 44.5 Å². The minimum atomic E-state index is 0.0893. The van der Waals surface area contributed by atoms with Crippen molar-refractivity contribution in [3.05, 3.63) is 251 Å². The second-order valence-corrected chi connectivity index (χ2v) is 23.0. The minimum Gasteiger partial charge on any atom is -0.310 e. The molecule has 372 valence electrons. The zero-order valence-corrected chi connectivity index (χ0v) is 44.6. The molecule has 0 radical (unpaired) electrons. The van der Waals surface area contributed by atoms with Crippen LogP contribution in [-0.2, 0) is 10.8 Å². The van der Waals surface area contributed by atoms with Crippen LogP contribution in [0.5, 0.6) is 0 Å². The fourth-order valence-corrected chi connectivity index (χ4v) is 15.0. The summed E-state index contributed by atoms with van der Waals surface area (Å²) in [6.45, 7) is 8.95.